The van der Waals surface area contributed by atoms with Crippen LogP contribution in [0.3, 0.4) is 0 Å². The molecule has 2 heterocycles. The fourth-order valence-electron chi connectivity index (χ4n) is 4.32. The highest BCUT2D eigenvalue weighted by Crippen LogP contribution is 2.45. The number of aromatic nitrogens is 1. The molecule has 1 aliphatic heterocycles. The summed E-state index contributed by atoms with van der Waals surface area (Å²) in [5.41, 5.74) is 1.53. The zero-order valence-electron chi connectivity index (χ0n) is 22.7. The third-order valence-electron chi connectivity index (χ3n) is 6.58. The van der Waals surface area contributed by atoms with E-state index in [9.17, 15) is 19.2 Å². The van der Waals surface area contributed by atoms with Gasteiger partial charge in [0.15, 0.2) is 5.78 Å². The Bertz CT molecular complexity index is 1190. The number of carboxylic acid groups (broad SMARTS) is 1. The lowest BCUT2D eigenvalue weighted by Gasteiger charge is -2.40. The predicted octanol–water partition coefficient (Wildman–Crippen LogP) is 1.56. The fourth-order valence-corrected chi connectivity index (χ4v) is 4.32. The van der Waals surface area contributed by atoms with Crippen molar-refractivity contribution in [2.45, 2.75) is 38.1 Å². The molecule has 1 spiro atoms. The van der Waals surface area contributed by atoms with Gasteiger partial charge in [-0.1, -0.05) is 42.5 Å². The summed E-state index contributed by atoms with van der Waals surface area (Å²) >= 11 is 0. The van der Waals surface area contributed by atoms with E-state index in [2.05, 4.69) is 31.0 Å². The van der Waals surface area contributed by atoms with Gasteiger partial charge in [0.25, 0.3) is 12.0 Å². The van der Waals surface area contributed by atoms with E-state index < -0.39 is 5.54 Å². The standard InChI is InChI=1S/C21H28N4O4.C7H8.CH2O2/c1-3-18(27)25-12-11-24(20(29)21(25)7-8-21)15-17(26)14-22-9-4-5-16-6-10-23(2)19(28)13-16;1-7-5-3-2-4-6-7;2-1-3/h3,6,10,13,22H,1,4-5,7-9,11-12,14-15H2,2H3;2-6H,1H3;1H,(H,2,3). The highest BCUT2D eigenvalue weighted by Gasteiger charge is 2.59. The smallest absolute Gasteiger partial charge is 0.290 e. The minimum Gasteiger partial charge on any atom is -0.483 e. The summed E-state index contributed by atoms with van der Waals surface area (Å²) in [5, 5.41) is 10.00. The zero-order valence-corrected chi connectivity index (χ0v) is 22.7. The van der Waals surface area contributed by atoms with Gasteiger partial charge in [-0.2, -0.15) is 0 Å². The number of hydrogen-bond donors (Lipinski definition) is 2. The minimum absolute atomic E-state index is 0.0291. The van der Waals surface area contributed by atoms with Crippen molar-refractivity contribution in [3.63, 3.8) is 0 Å². The molecule has 2 amide bonds. The van der Waals surface area contributed by atoms with Gasteiger partial charge >= 0.3 is 0 Å². The molecule has 2 N–H and O–H groups in total. The Morgan fingerprint density at radius 2 is 1.79 bits per heavy atom. The number of carbonyl (C=O) groups excluding carboxylic acids is 3. The van der Waals surface area contributed by atoms with Crippen LogP contribution < -0.4 is 10.9 Å². The van der Waals surface area contributed by atoms with E-state index in [4.69, 9.17) is 9.90 Å². The van der Waals surface area contributed by atoms with Crippen LogP contribution in [-0.4, -0.2) is 81.8 Å². The number of nitrogens with one attached hydrogen (secondary N) is 1. The van der Waals surface area contributed by atoms with Crippen LogP contribution in [0.1, 0.15) is 30.4 Å². The molecule has 2 fully saturated rings. The first-order chi connectivity index (χ1) is 18.7. The summed E-state index contributed by atoms with van der Waals surface area (Å²) in [7, 11) is 1.71. The Kier molecular flexibility index (Phi) is 12.3. The van der Waals surface area contributed by atoms with E-state index >= 15 is 0 Å². The molecule has 0 bridgehead atoms. The van der Waals surface area contributed by atoms with Crippen LogP contribution in [0.4, 0.5) is 0 Å². The third kappa shape index (κ3) is 9.33. The van der Waals surface area contributed by atoms with Crippen LogP contribution >= 0.6 is 0 Å². The first kappa shape index (κ1) is 31.2. The highest BCUT2D eigenvalue weighted by atomic mass is 16.3. The van der Waals surface area contributed by atoms with Crippen LogP contribution in [0.15, 0.2) is 66.1 Å². The van der Waals surface area contributed by atoms with Gasteiger partial charge < -0.3 is 24.8 Å². The van der Waals surface area contributed by atoms with Crippen molar-refractivity contribution in [2.75, 3.05) is 32.7 Å². The van der Waals surface area contributed by atoms with Gasteiger partial charge in [-0.25, -0.2) is 0 Å². The number of piperazine rings is 1. The number of pyridine rings is 1. The molecular weight excluding hydrogens is 500 g/mol. The monoisotopic (exact) mass is 538 g/mol. The molecule has 39 heavy (non-hydrogen) atoms. The number of hydrogen-bond acceptors (Lipinski definition) is 6. The maximum Gasteiger partial charge on any atom is 0.290 e. The van der Waals surface area contributed by atoms with Gasteiger partial charge in [0.1, 0.15) is 5.54 Å². The molecule has 1 aromatic heterocycles. The number of carbonyl (C=O) groups is 4. The number of aryl methyl sites for hydroxylation is 3. The number of nitrogens with zero attached hydrogens (tertiary/aromatic N) is 3. The van der Waals surface area contributed by atoms with Crippen molar-refractivity contribution in [1.82, 2.24) is 19.7 Å². The number of rotatable bonds is 9. The van der Waals surface area contributed by atoms with Crippen LogP contribution in [0.5, 0.6) is 0 Å². The SMILES string of the molecule is C=CC(=O)N1CCN(CC(=O)CNCCCc2ccn(C)c(=O)c2)C(=O)C12CC2.Cc1ccccc1.O=CO. The first-order valence-electron chi connectivity index (χ1n) is 12.9. The fraction of sp³-hybridized carbons (Fsp3) is 0.414. The van der Waals surface area contributed by atoms with Crippen molar-refractivity contribution in [2.24, 2.45) is 7.05 Å². The summed E-state index contributed by atoms with van der Waals surface area (Å²) in [6.45, 7) is 7.06. The molecule has 1 aromatic carbocycles. The second-order valence-corrected chi connectivity index (χ2v) is 9.52. The number of benzene rings is 1. The molecular formula is C29H38N4O6. The Labute approximate surface area is 228 Å². The molecule has 1 saturated heterocycles. The van der Waals surface area contributed by atoms with Crippen molar-refractivity contribution in [3.8, 4) is 0 Å². The molecule has 10 heteroatoms. The Morgan fingerprint density at radius 3 is 2.33 bits per heavy atom. The zero-order chi connectivity index (χ0) is 28.8. The third-order valence-corrected chi connectivity index (χ3v) is 6.58. The van der Waals surface area contributed by atoms with E-state index in [1.54, 1.807) is 29.1 Å². The largest absolute Gasteiger partial charge is 0.483 e. The number of Topliss-reactive ketones (excluding diaryl/α,β-unsaturated/α-hetero) is 1. The van der Waals surface area contributed by atoms with Gasteiger partial charge in [0.2, 0.25) is 11.8 Å². The molecule has 2 aliphatic rings. The summed E-state index contributed by atoms with van der Waals surface area (Å²) in [6, 6.07) is 13.8. The second-order valence-electron chi connectivity index (χ2n) is 9.52. The van der Waals surface area contributed by atoms with Gasteiger partial charge in [-0.05, 0) is 56.9 Å². The summed E-state index contributed by atoms with van der Waals surface area (Å²) < 4.78 is 1.53. The lowest BCUT2D eigenvalue weighted by atomic mass is 10.1. The van der Waals surface area contributed by atoms with Gasteiger partial charge in [-0.3, -0.25) is 24.0 Å². The van der Waals surface area contributed by atoms with Crippen LogP contribution in [0.2, 0.25) is 0 Å². The normalized spacial score (nSPS) is 14.9. The van der Waals surface area contributed by atoms with Gasteiger partial charge in [-0.15, -0.1) is 0 Å². The van der Waals surface area contributed by atoms with Crippen molar-refractivity contribution >= 4 is 24.1 Å². The molecule has 0 radical (unpaired) electrons. The lowest BCUT2D eigenvalue weighted by Crippen LogP contribution is -2.61. The Hall–Kier alpha value is -4.05. The molecule has 1 aliphatic carbocycles. The maximum absolute atomic E-state index is 12.8. The van der Waals surface area contributed by atoms with E-state index in [1.165, 1.54) is 16.2 Å². The maximum atomic E-state index is 12.8. The van der Waals surface area contributed by atoms with Gasteiger partial charge in [0, 0.05) is 32.4 Å². The highest BCUT2D eigenvalue weighted by molar-refractivity contribution is 5.99. The number of amides is 2. The molecule has 10 nitrogen and oxygen atoms in total. The van der Waals surface area contributed by atoms with Crippen molar-refractivity contribution in [1.29, 1.82) is 0 Å². The number of ketones is 1. The van der Waals surface area contributed by atoms with Crippen molar-refractivity contribution < 1.29 is 24.3 Å². The average Bonchev–Trinajstić information content (AvgIpc) is 3.71. The molecule has 2 aromatic rings. The van der Waals surface area contributed by atoms with Crippen molar-refractivity contribution in [3.05, 3.63) is 82.8 Å². The average molecular weight is 539 g/mol. The predicted molar refractivity (Wildman–Crippen MR) is 148 cm³/mol. The van der Waals surface area contributed by atoms with Crippen LogP contribution in [0.25, 0.3) is 0 Å². The molecule has 0 atom stereocenters. The molecule has 4 rings (SSSR count). The molecule has 0 unspecified atom stereocenters. The molecule has 210 valence electrons. The Morgan fingerprint density at radius 1 is 1.13 bits per heavy atom. The van der Waals surface area contributed by atoms with Crippen LogP contribution in [-0.2, 0) is 32.6 Å². The summed E-state index contributed by atoms with van der Waals surface area (Å²) in [4.78, 5) is 60.1. The van der Waals surface area contributed by atoms with E-state index in [1.807, 2.05) is 24.3 Å². The first-order valence-corrected chi connectivity index (χ1v) is 12.9. The molecule has 1 saturated carbocycles. The summed E-state index contributed by atoms with van der Waals surface area (Å²) in [5.74, 6) is -0.399. The topological polar surface area (TPSA) is 129 Å². The van der Waals surface area contributed by atoms with E-state index in [0.717, 1.165) is 18.4 Å². The summed E-state index contributed by atoms with van der Waals surface area (Å²) in [6.07, 6.45) is 5.86. The van der Waals surface area contributed by atoms with E-state index in [-0.39, 0.29) is 42.7 Å². The quantitative estimate of drug-likeness (QED) is 0.282. The minimum atomic E-state index is -0.746. The lowest BCUT2D eigenvalue weighted by molar-refractivity contribution is -0.152. The van der Waals surface area contributed by atoms with E-state index in [0.29, 0.717) is 32.5 Å². The van der Waals surface area contributed by atoms with Gasteiger partial charge in [0.05, 0.1) is 13.1 Å². The Balaban J connectivity index is 0.000000450. The van der Waals surface area contributed by atoms with Crippen LogP contribution in [0, 0.1) is 6.92 Å². The second kappa shape index (κ2) is 15.4.